The molecule has 29 heavy (non-hydrogen) atoms. The molecule has 0 saturated carbocycles. The summed E-state index contributed by atoms with van der Waals surface area (Å²) in [5.74, 6) is 12.0. The molecule has 0 aromatic carbocycles. The Morgan fingerprint density at radius 1 is 1.03 bits per heavy atom. The van der Waals surface area contributed by atoms with Gasteiger partial charge in [-0.3, -0.25) is 0 Å². The number of aliphatic hydroxyl groups excluding tert-OH is 1. The molecule has 5 nitrogen and oxygen atoms in total. The van der Waals surface area contributed by atoms with Gasteiger partial charge in [-0.25, -0.2) is 0 Å². The summed E-state index contributed by atoms with van der Waals surface area (Å²) in [5.41, 5.74) is 1.17. The van der Waals surface area contributed by atoms with E-state index >= 15 is 0 Å². The first-order chi connectivity index (χ1) is 14.2. The predicted octanol–water partition coefficient (Wildman–Crippen LogP) is 3.60. The Kier molecular flexibility index (Phi) is 12.1. The number of ether oxygens (including phenoxy) is 4. The monoisotopic (exact) mass is 404 g/mol. The van der Waals surface area contributed by atoms with Crippen LogP contribution in [0.1, 0.15) is 65.2 Å². The highest BCUT2D eigenvalue weighted by atomic mass is 16.7. The molecule has 0 aromatic rings. The lowest BCUT2D eigenvalue weighted by Gasteiger charge is -2.28. The van der Waals surface area contributed by atoms with Crippen LogP contribution in [0, 0.1) is 23.7 Å². The zero-order valence-corrected chi connectivity index (χ0v) is 18.0. The normalized spacial score (nSPS) is 24.6. The molecule has 0 spiro atoms. The summed E-state index contributed by atoms with van der Waals surface area (Å²) in [4.78, 5) is 0. The van der Waals surface area contributed by atoms with Crippen molar-refractivity contribution in [1.82, 2.24) is 0 Å². The maximum Gasteiger partial charge on any atom is 0.183 e. The predicted molar refractivity (Wildman–Crippen MR) is 113 cm³/mol. The van der Waals surface area contributed by atoms with E-state index in [4.69, 9.17) is 18.9 Å². The molecule has 0 radical (unpaired) electrons. The van der Waals surface area contributed by atoms with Crippen LogP contribution in [-0.4, -0.2) is 56.1 Å². The smallest absolute Gasteiger partial charge is 0.183 e. The standard InChI is InChI=1S/C24H36O5/c1-3-4-5-7-10-20(2)19-21(25)11-8-6-9-12-22-13-14-23(27-16-15-26-22)24-28-17-18-29-24/h10,21-25H,5-7,9,12-19H2,1-2H3/t21?,22-,23+/m0/s1. The highest BCUT2D eigenvalue weighted by Crippen LogP contribution is 2.22. The van der Waals surface area contributed by atoms with Gasteiger partial charge in [0.15, 0.2) is 6.29 Å². The third-order valence-electron chi connectivity index (χ3n) is 5.04. The van der Waals surface area contributed by atoms with Crippen molar-refractivity contribution in [3.8, 4) is 23.7 Å². The number of rotatable bonds is 8. The fraction of sp³-hybridized carbons (Fsp3) is 0.750. The van der Waals surface area contributed by atoms with E-state index in [9.17, 15) is 5.11 Å². The summed E-state index contributed by atoms with van der Waals surface area (Å²) in [6, 6.07) is 0. The third kappa shape index (κ3) is 10.3. The highest BCUT2D eigenvalue weighted by molar-refractivity contribution is 5.11. The number of unbranched alkanes of at least 4 members (excludes halogenated alkanes) is 2. The first-order valence-electron chi connectivity index (χ1n) is 10.9. The van der Waals surface area contributed by atoms with Crippen molar-refractivity contribution in [2.24, 2.45) is 0 Å². The molecule has 2 fully saturated rings. The number of aliphatic hydroxyl groups is 1. The van der Waals surface area contributed by atoms with Crippen molar-refractivity contribution in [3.05, 3.63) is 11.6 Å². The van der Waals surface area contributed by atoms with Gasteiger partial charge in [-0.15, -0.1) is 17.8 Å². The van der Waals surface area contributed by atoms with Gasteiger partial charge in [-0.05, 0) is 46.0 Å². The number of allylic oxidation sites excluding steroid dienone is 1. The molecular formula is C24H36O5. The minimum absolute atomic E-state index is 0.00384. The van der Waals surface area contributed by atoms with E-state index in [2.05, 4.69) is 29.8 Å². The summed E-state index contributed by atoms with van der Waals surface area (Å²) in [7, 11) is 0. The van der Waals surface area contributed by atoms with E-state index < -0.39 is 6.10 Å². The molecule has 0 amide bonds. The Morgan fingerprint density at radius 2 is 1.79 bits per heavy atom. The van der Waals surface area contributed by atoms with E-state index in [0.29, 0.717) is 32.8 Å². The lowest BCUT2D eigenvalue weighted by atomic mass is 10.0. The molecular weight excluding hydrogens is 368 g/mol. The van der Waals surface area contributed by atoms with Crippen LogP contribution in [0.5, 0.6) is 0 Å². The zero-order chi connectivity index (χ0) is 20.7. The van der Waals surface area contributed by atoms with Gasteiger partial charge in [0.05, 0.1) is 32.5 Å². The minimum Gasteiger partial charge on any atom is -0.380 e. The van der Waals surface area contributed by atoms with Gasteiger partial charge in [0, 0.05) is 19.3 Å². The van der Waals surface area contributed by atoms with Crippen LogP contribution in [0.15, 0.2) is 11.6 Å². The Balaban J connectivity index is 1.61. The van der Waals surface area contributed by atoms with Crippen molar-refractivity contribution >= 4 is 0 Å². The topological polar surface area (TPSA) is 57.2 Å². The van der Waals surface area contributed by atoms with E-state index in [1.165, 1.54) is 5.57 Å². The molecule has 2 aliphatic rings. The fourth-order valence-electron chi connectivity index (χ4n) is 3.53. The zero-order valence-electron chi connectivity index (χ0n) is 18.0. The number of hydrogen-bond acceptors (Lipinski definition) is 5. The van der Waals surface area contributed by atoms with Gasteiger partial charge in [0.1, 0.15) is 12.2 Å². The van der Waals surface area contributed by atoms with Crippen molar-refractivity contribution in [1.29, 1.82) is 0 Å². The molecule has 0 aromatic heterocycles. The van der Waals surface area contributed by atoms with E-state index in [1.807, 2.05) is 13.8 Å². The molecule has 2 aliphatic heterocycles. The Morgan fingerprint density at radius 3 is 2.59 bits per heavy atom. The summed E-state index contributed by atoms with van der Waals surface area (Å²) < 4.78 is 22.9. The van der Waals surface area contributed by atoms with E-state index in [-0.39, 0.29) is 18.5 Å². The van der Waals surface area contributed by atoms with Gasteiger partial charge >= 0.3 is 0 Å². The number of hydrogen-bond donors (Lipinski definition) is 1. The maximum atomic E-state index is 10.1. The Bertz CT molecular complexity index is 600. The SMILES string of the molecule is CC#CCCC=C(C)CC(O)C#CCCC[C@H]1CC[C@H](C2OCCO2)OCCO1. The van der Waals surface area contributed by atoms with Crippen molar-refractivity contribution < 1.29 is 24.1 Å². The summed E-state index contributed by atoms with van der Waals surface area (Å²) in [5, 5.41) is 10.1. The molecule has 2 rings (SSSR count). The average Bonchev–Trinajstić information content (AvgIpc) is 3.21. The second-order valence-corrected chi connectivity index (χ2v) is 7.54. The fourth-order valence-corrected chi connectivity index (χ4v) is 3.53. The van der Waals surface area contributed by atoms with E-state index in [0.717, 1.165) is 44.9 Å². The van der Waals surface area contributed by atoms with Crippen LogP contribution in [0.25, 0.3) is 0 Å². The van der Waals surface area contributed by atoms with Gasteiger partial charge in [0.2, 0.25) is 0 Å². The maximum absolute atomic E-state index is 10.1. The molecule has 1 unspecified atom stereocenters. The van der Waals surface area contributed by atoms with Crippen LogP contribution < -0.4 is 0 Å². The quantitative estimate of drug-likeness (QED) is 0.381. The van der Waals surface area contributed by atoms with Crippen molar-refractivity contribution in [2.45, 2.75) is 89.8 Å². The highest BCUT2D eigenvalue weighted by Gasteiger charge is 2.29. The lowest BCUT2D eigenvalue weighted by Crippen LogP contribution is -2.34. The van der Waals surface area contributed by atoms with Gasteiger partial charge < -0.3 is 24.1 Å². The molecule has 3 atom stereocenters. The van der Waals surface area contributed by atoms with E-state index in [1.54, 1.807) is 0 Å². The van der Waals surface area contributed by atoms with Crippen LogP contribution in [0.2, 0.25) is 0 Å². The first kappa shape index (κ1) is 23.9. The molecule has 5 heteroatoms. The third-order valence-corrected chi connectivity index (χ3v) is 5.04. The Labute approximate surface area is 176 Å². The summed E-state index contributed by atoms with van der Waals surface area (Å²) >= 11 is 0. The average molecular weight is 405 g/mol. The Hall–Kier alpha value is -1.34. The first-order valence-corrected chi connectivity index (χ1v) is 10.9. The molecule has 0 aliphatic carbocycles. The lowest BCUT2D eigenvalue weighted by molar-refractivity contribution is -0.165. The summed E-state index contributed by atoms with van der Waals surface area (Å²) in [6.07, 6.45) is 8.50. The van der Waals surface area contributed by atoms with Crippen LogP contribution >= 0.6 is 0 Å². The largest absolute Gasteiger partial charge is 0.380 e. The molecule has 2 saturated heterocycles. The molecule has 162 valence electrons. The molecule has 0 bridgehead atoms. The van der Waals surface area contributed by atoms with Gasteiger partial charge in [0.25, 0.3) is 0 Å². The van der Waals surface area contributed by atoms with Crippen molar-refractivity contribution in [2.75, 3.05) is 26.4 Å². The van der Waals surface area contributed by atoms with Gasteiger partial charge in [-0.1, -0.05) is 17.6 Å². The minimum atomic E-state index is -0.592. The second kappa shape index (κ2) is 14.6. The second-order valence-electron chi connectivity index (χ2n) is 7.54. The van der Waals surface area contributed by atoms with Gasteiger partial charge in [-0.2, -0.15) is 0 Å². The summed E-state index contributed by atoms with van der Waals surface area (Å²) in [6.45, 7) is 6.37. The van der Waals surface area contributed by atoms with Crippen molar-refractivity contribution in [3.63, 3.8) is 0 Å². The van der Waals surface area contributed by atoms with Crippen LogP contribution in [0.4, 0.5) is 0 Å². The molecule has 2 heterocycles. The van der Waals surface area contributed by atoms with Crippen LogP contribution in [0.3, 0.4) is 0 Å². The molecule has 1 N–H and O–H groups in total. The van der Waals surface area contributed by atoms with Crippen LogP contribution in [-0.2, 0) is 18.9 Å².